The van der Waals surface area contributed by atoms with Crippen LogP contribution in [0.25, 0.3) is 0 Å². The lowest BCUT2D eigenvalue weighted by molar-refractivity contribution is -0.134. The largest absolute Gasteiger partial charge is 0.370 e. The molecule has 0 saturated carbocycles. The van der Waals surface area contributed by atoms with E-state index in [0.29, 0.717) is 36.2 Å². The van der Waals surface area contributed by atoms with Gasteiger partial charge < -0.3 is 16.0 Å². The van der Waals surface area contributed by atoms with Gasteiger partial charge in [-0.3, -0.25) is 9.59 Å². The van der Waals surface area contributed by atoms with Gasteiger partial charge in [-0.05, 0) is 50.4 Å². The molecule has 5 heteroatoms. The Kier molecular flexibility index (Phi) is 4.48. The van der Waals surface area contributed by atoms with Gasteiger partial charge in [0.05, 0.1) is 0 Å². The maximum absolute atomic E-state index is 12.4. The first kappa shape index (κ1) is 14.8. The second kappa shape index (κ2) is 6.34. The van der Waals surface area contributed by atoms with Gasteiger partial charge >= 0.3 is 0 Å². The number of primary amides is 1. The molecule has 5 nitrogen and oxygen atoms in total. The minimum absolute atomic E-state index is 0.218. The summed E-state index contributed by atoms with van der Waals surface area (Å²) in [4.78, 5) is 25.4. The van der Waals surface area contributed by atoms with Crippen molar-refractivity contribution in [2.45, 2.75) is 63.5 Å². The number of nitrogens with two attached hydrogens (primary N) is 1. The van der Waals surface area contributed by atoms with Gasteiger partial charge in [0, 0.05) is 38.0 Å². The Labute approximate surface area is 126 Å². The molecule has 3 saturated heterocycles. The van der Waals surface area contributed by atoms with E-state index in [-0.39, 0.29) is 5.91 Å². The first-order chi connectivity index (χ1) is 10.1. The summed E-state index contributed by atoms with van der Waals surface area (Å²) in [6.45, 7) is 1.60. The Bertz CT molecular complexity index is 392. The highest BCUT2D eigenvalue weighted by Crippen LogP contribution is 2.33. The highest BCUT2D eigenvalue weighted by Gasteiger charge is 2.35. The van der Waals surface area contributed by atoms with Crippen molar-refractivity contribution in [2.75, 3.05) is 13.1 Å². The molecule has 118 valence electrons. The number of rotatable bonds is 4. The molecule has 3 rings (SSSR count). The summed E-state index contributed by atoms with van der Waals surface area (Å²) in [7, 11) is 0. The number of fused-ring (bicyclic) bond motifs is 2. The second-order valence-corrected chi connectivity index (χ2v) is 7.17. The lowest BCUT2D eigenvalue weighted by Gasteiger charge is -2.34. The van der Waals surface area contributed by atoms with Gasteiger partial charge in [0.15, 0.2) is 0 Å². The van der Waals surface area contributed by atoms with E-state index in [1.165, 1.54) is 25.7 Å². The number of carbonyl (C=O) groups is 2. The monoisotopic (exact) mass is 293 g/mol. The van der Waals surface area contributed by atoms with Crippen LogP contribution in [0.15, 0.2) is 0 Å². The van der Waals surface area contributed by atoms with E-state index in [1.54, 1.807) is 0 Å². The molecule has 3 aliphatic heterocycles. The number of nitrogens with zero attached hydrogens (tertiary/aromatic N) is 1. The van der Waals surface area contributed by atoms with Crippen molar-refractivity contribution in [1.29, 1.82) is 0 Å². The fourth-order valence-corrected chi connectivity index (χ4v) is 4.39. The minimum atomic E-state index is -0.218. The minimum Gasteiger partial charge on any atom is -0.370 e. The van der Waals surface area contributed by atoms with Crippen molar-refractivity contribution in [3.05, 3.63) is 0 Å². The lowest BCUT2D eigenvalue weighted by atomic mass is 9.88. The van der Waals surface area contributed by atoms with Crippen LogP contribution in [0.2, 0.25) is 0 Å². The van der Waals surface area contributed by atoms with Crippen molar-refractivity contribution in [2.24, 2.45) is 17.6 Å². The number of hydrogen-bond donors (Lipinski definition) is 2. The molecule has 2 unspecified atom stereocenters. The van der Waals surface area contributed by atoms with Gasteiger partial charge in [-0.15, -0.1) is 0 Å². The summed E-state index contributed by atoms with van der Waals surface area (Å²) >= 11 is 0. The molecule has 0 aromatic carbocycles. The summed E-state index contributed by atoms with van der Waals surface area (Å²) in [6.07, 6.45) is 7.94. The Hall–Kier alpha value is -1.10. The van der Waals surface area contributed by atoms with E-state index in [0.717, 1.165) is 32.4 Å². The first-order valence-electron chi connectivity index (χ1n) is 8.42. The van der Waals surface area contributed by atoms with Gasteiger partial charge in [0.25, 0.3) is 0 Å². The molecule has 3 N–H and O–H groups in total. The quantitative estimate of drug-likeness (QED) is 0.812. The van der Waals surface area contributed by atoms with E-state index in [9.17, 15) is 9.59 Å². The number of likely N-dealkylation sites (tertiary alicyclic amines) is 1. The zero-order valence-corrected chi connectivity index (χ0v) is 12.7. The maximum atomic E-state index is 12.4. The summed E-state index contributed by atoms with van der Waals surface area (Å²) in [5, 5.41) is 3.63. The smallest absolute Gasteiger partial charge is 0.222 e. The molecular weight excluding hydrogens is 266 g/mol. The molecular formula is C16H27N3O2. The second-order valence-electron chi connectivity index (χ2n) is 7.17. The summed E-state index contributed by atoms with van der Waals surface area (Å²) in [5.74, 6) is 1.05. The summed E-state index contributed by atoms with van der Waals surface area (Å²) in [6, 6.07) is 1.31. The number of nitrogens with one attached hydrogen (secondary N) is 1. The van der Waals surface area contributed by atoms with Crippen LogP contribution in [0.5, 0.6) is 0 Å². The first-order valence-corrected chi connectivity index (χ1v) is 8.42. The van der Waals surface area contributed by atoms with Gasteiger partial charge in [-0.25, -0.2) is 0 Å². The topological polar surface area (TPSA) is 75.4 Å². The zero-order chi connectivity index (χ0) is 14.8. The fraction of sp³-hybridized carbons (Fsp3) is 0.875. The molecule has 3 aliphatic rings. The third kappa shape index (κ3) is 3.76. The summed E-state index contributed by atoms with van der Waals surface area (Å²) < 4.78 is 0. The van der Waals surface area contributed by atoms with Crippen molar-refractivity contribution in [3.63, 3.8) is 0 Å². The molecule has 0 spiro atoms. The van der Waals surface area contributed by atoms with Crippen LogP contribution in [0.1, 0.15) is 51.4 Å². The van der Waals surface area contributed by atoms with Gasteiger partial charge in [-0.1, -0.05) is 0 Å². The molecule has 2 amide bonds. The molecule has 0 aliphatic carbocycles. The lowest BCUT2D eigenvalue weighted by Crippen LogP contribution is -2.42. The maximum Gasteiger partial charge on any atom is 0.222 e. The predicted molar refractivity (Wildman–Crippen MR) is 80.4 cm³/mol. The van der Waals surface area contributed by atoms with Crippen LogP contribution < -0.4 is 11.1 Å². The number of hydrogen-bond acceptors (Lipinski definition) is 3. The highest BCUT2D eigenvalue weighted by molar-refractivity contribution is 5.77. The van der Waals surface area contributed by atoms with E-state index >= 15 is 0 Å². The molecule has 0 aromatic heterocycles. The molecule has 3 heterocycles. The van der Waals surface area contributed by atoms with E-state index in [2.05, 4.69) is 5.32 Å². The van der Waals surface area contributed by atoms with Gasteiger partial charge in [0.1, 0.15) is 0 Å². The fourth-order valence-electron chi connectivity index (χ4n) is 4.39. The molecule has 21 heavy (non-hydrogen) atoms. The van der Waals surface area contributed by atoms with Crippen LogP contribution in [0, 0.1) is 11.8 Å². The number of piperidine rings is 2. The van der Waals surface area contributed by atoms with Crippen molar-refractivity contribution < 1.29 is 9.59 Å². The Morgan fingerprint density at radius 1 is 0.952 bits per heavy atom. The van der Waals surface area contributed by atoms with E-state index in [4.69, 9.17) is 5.73 Å². The zero-order valence-electron chi connectivity index (χ0n) is 12.7. The average molecular weight is 293 g/mol. The SMILES string of the molecule is NC(=O)CC1CCN(C(=O)CC2CC3CCC(C2)N3)CC1. The van der Waals surface area contributed by atoms with Gasteiger partial charge in [-0.2, -0.15) is 0 Å². The van der Waals surface area contributed by atoms with E-state index < -0.39 is 0 Å². The molecule has 2 atom stereocenters. The third-order valence-corrected chi connectivity index (χ3v) is 5.49. The predicted octanol–water partition coefficient (Wildman–Crippen LogP) is 1.02. The Morgan fingerprint density at radius 3 is 2.14 bits per heavy atom. The van der Waals surface area contributed by atoms with Crippen molar-refractivity contribution >= 4 is 11.8 Å². The molecule has 2 bridgehead atoms. The highest BCUT2D eigenvalue weighted by atomic mass is 16.2. The molecule has 3 fully saturated rings. The molecule has 0 aromatic rings. The van der Waals surface area contributed by atoms with E-state index in [1.807, 2.05) is 4.90 Å². The number of carbonyl (C=O) groups excluding carboxylic acids is 2. The van der Waals surface area contributed by atoms with Crippen molar-refractivity contribution in [1.82, 2.24) is 10.2 Å². The van der Waals surface area contributed by atoms with Crippen LogP contribution >= 0.6 is 0 Å². The van der Waals surface area contributed by atoms with Crippen LogP contribution in [-0.2, 0) is 9.59 Å². The summed E-state index contributed by atoms with van der Waals surface area (Å²) in [5.41, 5.74) is 5.25. The van der Waals surface area contributed by atoms with Crippen LogP contribution in [0.4, 0.5) is 0 Å². The standard InChI is InChI=1S/C16H27N3O2/c17-15(20)9-11-3-5-19(6-4-11)16(21)10-12-7-13-1-2-14(8-12)18-13/h11-14,18H,1-10H2,(H2,17,20). The van der Waals surface area contributed by atoms with Crippen LogP contribution in [-0.4, -0.2) is 41.9 Å². The average Bonchev–Trinajstić information content (AvgIpc) is 2.78. The Morgan fingerprint density at radius 2 is 1.57 bits per heavy atom. The van der Waals surface area contributed by atoms with Crippen LogP contribution in [0.3, 0.4) is 0 Å². The molecule has 0 radical (unpaired) electrons. The Balaban J connectivity index is 1.43. The van der Waals surface area contributed by atoms with Crippen molar-refractivity contribution in [3.8, 4) is 0 Å². The van der Waals surface area contributed by atoms with Gasteiger partial charge in [0.2, 0.25) is 11.8 Å². The third-order valence-electron chi connectivity index (χ3n) is 5.49. The number of amides is 2. The normalized spacial score (nSPS) is 33.1.